The number of halogens is 1. The predicted octanol–water partition coefficient (Wildman–Crippen LogP) is 3.92. The van der Waals surface area contributed by atoms with Crippen LogP contribution in [0.25, 0.3) is 0 Å². The molecule has 1 aliphatic heterocycles. The van der Waals surface area contributed by atoms with E-state index in [-0.39, 0.29) is 11.8 Å². The van der Waals surface area contributed by atoms with Crippen LogP contribution in [0.5, 0.6) is 0 Å². The van der Waals surface area contributed by atoms with Gasteiger partial charge in [-0.1, -0.05) is 16.8 Å². The van der Waals surface area contributed by atoms with E-state index in [4.69, 9.17) is 16.1 Å². The Morgan fingerprint density at radius 1 is 1.29 bits per heavy atom. The molecule has 0 aliphatic carbocycles. The van der Waals surface area contributed by atoms with Gasteiger partial charge in [-0.05, 0) is 45.4 Å². The Labute approximate surface area is 147 Å². The van der Waals surface area contributed by atoms with Crippen molar-refractivity contribution in [3.8, 4) is 0 Å². The fraction of sp³-hybridized carbons (Fsp3) is 0.444. The zero-order valence-corrected chi connectivity index (χ0v) is 15.2. The van der Waals surface area contributed by atoms with E-state index in [2.05, 4.69) is 10.1 Å². The Morgan fingerprint density at radius 3 is 2.71 bits per heavy atom. The number of nitrogens with zero attached hydrogens (tertiary/aromatic N) is 3. The second-order valence-corrected chi connectivity index (χ2v) is 6.79. The highest BCUT2D eigenvalue weighted by atomic mass is 35.5. The highest BCUT2D eigenvalue weighted by Gasteiger charge is 2.30. The normalized spacial score (nSPS) is 15.9. The average Bonchev–Trinajstić information content (AvgIpc) is 2.79. The fourth-order valence-electron chi connectivity index (χ4n) is 3.44. The predicted molar refractivity (Wildman–Crippen MR) is 96.1 cm³/mol. The molecule has 0 unspecified atom stereocenters. The van der Waals surface area contributed by atoms with Crippen molar-refractivity contribution in [2.45, 2.75) is 33.1 Å². The molecule has 1 atom stereocenters. The van der Waals surface area contributed by atoms with Crippen LogP contribution in [0.2, 0.25) is 5.02 Å². The quantitative estimate of drug-likeness (QED) is 0.826. The Balaban J connectivity index is 2.01. The summed E-state index contributed by atoms with van der Waals surface area (Å²) in [4.78, 5) is 17.2. The topological polar surface area (TPSA) is 49.6 Å². The monoisotopic (exact) mass is 347 g/mol. The van der Waals surface area contributed by atoms with Gasteiger partial charge in [-0.2, -0.15) is 0 Å². The first kappa shape index (κ1) is 16.8. The van der Waals surface area contributed by atoms with E-state index in [1.165, 1.54) is 0 Å². The summed E-state index contributed by atoms with van der Waals surface area (Å²) in [7, 11) is 2.04. The molecule has 0 N–H and O–H groups in total. The average molecular weight is 348 g/mol. The lowest BCUT2D eigenvalue weighted by Gasteiger charge is -2.27. The van der Waals surface area contributed by atoms with E-state index in [0.717, 1.165) is 35.6 Å². The summed E-state index contributed by atoms with van der Waals surface area (Å²) in [5, 5.41) is 4.61. The molecular formula is C18H22ClN3O2. The molecule has 0 saturated carbocycles. The summed E-state index contributed by atoms with van der Waals surface area (Å²) in [6.45, 7) is 7.20. The molecule has 1 amide bonds. The van der Waals surface area contributed by atoms with Crippen LogP contribution < -0.4 is 9.80 Å². The number of aryl methyl sites for hydroxylation is 2. The van der Waals surface area contributed by atoms with Gasteiger partial charge in [0.1, 0.15) is 5.76 Å². The molecule has 6 heteroatoms. The standard InChI is InChI=1S/C18H22ClN3O2/c1-11(17-12(2)20-24-13(17)3)18(23)22-9-5-8-21(4)15-7-6-14(19)10-16(15)22/h6-7,10-11H,5,8-9H2,1-4H3/t11-/m0/s1. The molecule has 1 aromatic heterocycles. The van der Waals surface area contributed by atoms with Crippen LogP contribution in [0.4, 0.5) is 11.4 Å². The number of aromatic nitrogens is 1. The van der Waals surface area contributed by atoms with Crippen LogP contribution in [0.3, 0.4) is 0 Å². The number of amides is 1. The first-order valence-electron chi connectivity index (χ1n) is 8.15. The molecule has 2 heterocycles. The van der Waals surface area contributed by atoms with Gasteiger partial charge in [0.2, 0.25) is 5.91 Å². The number of benzene rings is 1. The van der Waals surface area contributed by atoms with Crippen molar-refractivity contribution in [3.05, 3.63) is 40.2 Å². The third kappa shape index (κ3) is 2.88. The maximum absolute atomic E-state index is 13.2. The minimum absolute atomic E-state index is 0.0446. The lowest BCUT2D eigenvalue weighted by molar-refractivity contribution is -0.119. The van der Waals surface area contributed by atoms with Crippen LogP contribution in [0, 0.1) is 13.8 Å². The first-order valence-corrected chi connectivity index (χ1v) is 8.52. The Bertz CT molecular complexity index is 752. The SMILES string of the molecule is Cc1noc(C)c1[C@H](C)C(=O)N1CCCN(C)c2ccc(Cl)cc21. The van der Waals surface area contributed by atoms with Crippen LogP contribution in [0.1, 0.15) is 36.3 Å². The van der Waals surface area contributed by atoms with Gasteiger partial charge in [0.25, 0.3) is 0 Å². The zero-order chi connectivity index (χ0) is 17.4. The van der Waals surface area contributed by atoms with Crippen molar-refractivity contribution in [2.24, 2.45) is 0 Å². The van der Waals surface area contributed by atoms with Crippen molar-refractivity contribution < 1.29 is 9.32 Å². The van der Waals surface area contributed by atoms with Gasteiger partial charge in [-0.25, -0.2) is 0 Å². The van der Waals surface area contributed by atoms with E-state index >= 15 is 0 Å². The Morgan fingerprint density at radius 2 is 2.04 bits per heavy atom. The Hall–Kier alpha value is -2.01. The number of carbonyl (C=O) groups is 1. The smallest absolute Gasteiger partial charge is 0.234 e. The van der Waals surface area contributed by atoms with Crippen molar-refractivity contribution in [1.82, 2.24) is 5.16 Å². The van der Waals surface area contributed by atoms with E-state index in [0.29, 0.717) is 17.3 Å². The molecule has 1 aliphatic rings. The molecule has 24 heavy (non-hydrogen) atoms. The lowest BCUT2D eigenvalue weighted by Crippen LogP contribution is -2.35. The molecule has 0 bridgehead atoms. The van der Waals surface area contributed by atoms with Crippen molar-refractivity contribution in [2.75, 3.05) is 29.9 Å². The van der Waals surface area contributed by atoms with E-state index in [9.17, 15) is 4.79 Å². The third-order valence-electron chi connectivity index (χ3n) is 4.67. The fourth-order valence-corrected chi connectivity index (χ4v) is 3.60. The highest BCUT2D eigenvalue weighted by molar-refractivity contribution is 6.31. The summed E-state index contributed by atoms with van der Waals surface area (Å²) < 4.78 is 5.23. The van der Waals surface area contributed by atoms with Crippen molar-refractivity contribution in [3.63, 3.8) is 0 Å². The van der Waals surface area contributed by atoms with Crippen LogP contribution in [0.15, 0.2) is 22.7 Å². The second kappa shape index (κ2) is 6.48. The van der Waals surface area contributed by atoms with Gasteiger partial charge in [0, 0.05) is 30.7 Å². The van der Waals surface area contributed by atoms with Crippen LogP contribution in [-0.4, -0.2) is 31.2 Å². The van der Waals surface area contributed by atoms with Gasteiger partial charge in [-0.3, -0.25) is 4.79 Å². The number of hydrogen-bond donors (Lipinski definition) is 0. The van der Waals surface area contributed by atoms with Crippen molar-refractivity contribution >= 4 is 28.9 Å². The molecule has 2 aromatic rings. The summed E-state index contributed by atoms with van der Waals surface area (Å²) in [5.74, 6) is 0.432. The summed E-state index contributed by atoms with van der Waals surface area (Å²) in [6, 6.07) is 5.71. The van der Waals surface area contributed by atoms with Gasteiger partial charge in [0.05, 0.1) is 23.0 Å². The largest absolute Gasteiger partial charge is 0.373 e. The molecule has 0 saturated heterocycles. The number of anilines is 2. The van der Waals surface area contributed by atoms with Crippen LogP contribution in [-0.2, 0) is 4.79 Å². The molecule has 5 nitrogen and oxygen atoms in total. The molecule has 0 radical (unpaired) electrons. The first-order chi connectivity index (χ1) is 11.4. The Kier molecular flexibility index (Phi) is 4.54. The van der Waals surface area contributed by atoms with E-state index in [1.807, 2.05) is 50.9 Å². The summed E-state index contributed by atoms with van der Waals surface area (Å²) in [5.41, 5.74) is 3.54. The maximum atomic E-state index is 13.2. The number of carbonyl (C=O) groups excluding carboxylic acids is 1. The highest BCUT2D eigenvalue weighted by Crippen LogP contribution is 2.36. The van der Waals surface area contributed by atoms with Crippen LogP contribution >= 0.6 is 11.6 Å². The lowest BCUT2D eigenvalue weighted by atomic mass is 9.97. The molecule has 128 valence electrons. The maximum Gasteiger partial charge on any atom is 0.234 e. The molecule has 3 rings (SSSR count). The van der Waals surface area contributed by atoms with Gasteiger partial charge >= 0.3 is 0 Å². The summed E-state index contributed by atoms with van der Waals surface area (Å²) >= 11 is 6.20. The minimum Gasteiger partial charge on any atom is -0.373 e. The van der Waals surface area contributed by atoms with Gasteiger partial charge < -0.3 is 14.3 Å². The molecule has 0 fully saturated rings. The number of fused-ring (bicyclic) bond motifs is 1. The zero-order valence-electron chi connectivity index (χ0n) is 14.5. The third-order valence-corrected chi connectivity index (χ3v) is 4.91. The summed E-state index contributed by atoms with van der Waals surface area (Å²) in [6.07, 6.45) is 0.906. The van der Waals surface area contributed by atoms with E-state index < -0.39 is 0 Å². The van der Waals surface area contributed by atoms with Gasteiger partial charge in [-0.15, -0.1) is 0 Å². The number of hydrogen-bond acceptors (Lipinski definition) is 4. The molecule has 0 spiro atoms. The second-order valence-electron chi connectivity index (χ2n) is 6.36. The molecule has 1 aromatic carbocycles. The van der Waals surface area contributed by atoms with Gasteiger partial charge in [0.15, 0.2) is 0 Å². The number of rotatable bonds is 2. The van der Waals surface area contributed by atoms with Crippen molar-refractivity contribution in [1.29, 1.82) is 0 Å². The minimum atomic E-state index is -0.313. The van der Waals surface area contributed by atoms with E-state index in [1.54, 1.807) is 0 Å². The molecular weight excluding hydrogens is 326 g/mol.